The minimum atomic E-state index is -0.361. The molecule has 0 unspecified atom stereocenters. The van der Waals surface area contributed by atoms with Crippen LogP contribution in [0.15, 0.2) is 0 Å². The first-order valence-corrected chi connectivity index (χ1v) is 5.71. The number of piperidine rings is 1. The lowest BCUT2D eigenvalue weighted by molar-refractivity contribution is -0.163. The maximum absolute atomic E-state index is 11.9. The molecule has 1 aliphatic heterocycles. The lowest BCUT2D eigenvalue weighted by Crippen LogP contribution is -2.42. The number of rotatable bonds is 1. The Kier molecular flexibility index (Phi) is 3.77. The third-order valence-electron chi connectivity index (χ3n) is 2.82. The van der Waals surface area contributed by atoms with Gasteiger partial charge in [-0.15, -0.1) is 0 Å². The van der Waals surface area contributed by atoms with Crippen molar-refractivity contribution >= 4 is 5.97 Å². The molecule has 1 rings (SSSR count). The summed E-state index contributed by atoms with van der Waals surface area (Å²) in [5.41, 5.74) is -0.361. The summed E-state index contributed by atoms with van der Waals surface area (Å²) in [7, 11) is 2.10. The molecule has 88 valence electrons. The lowest BCUT2D eigenvalue weighted by atomic mass is 9.87. The van der Waals surface area contributed by atoms with E-state index in [1.165, 1.54) is 0 Å². The second-order valence-corrected chi connectivity index (χ2v) is 5.67. The van der Waals surface area contributed by atoms with Crippen LogP contribution in [0.4, 0.5) is 0 Å². The van der Waals surface area contributed by atoms with E-state index in [1.54, 1.807) is 0 Å². The van der Waals surface area contributed by atoms with Gasteiger partial charge in [-0.25, -0.2) is 0 Å². The molecule has 0 aromatic rings. The van der Waals surface area contributed by atoms with Gasteiger partial charge in [-0.3, -0.25) is 4.79 Å². The third-order valence-corrected chi connectivity index (χ3v) is 2.82. The smallest absolute Gasteiger partial charge is 0.309 e. The van der Waals surface area contributed by atoms with E-state index in [-0.39, 0.29) is 17.5 Å². The van der Waals surface area contributed by atoms with Crippen LogP contribution in [-0.4, -0.2) is 36.6 Å². The predicted octanol–water partition coefficient (Wildman–Crippen LogP) is 1.92. The van der Waals surface area contributed by atoms with Gasteiger partial charge in [0, 0.05) is 6.54 Å². The summed E-state index contributed by atoms with van der Waals surface area (Å²) >= 11 is 0. The van der Waals surface area contributed by atoms with Crippen LogP contribution in [0.2, 0.25) is 0 Å². The molecular formula is C12H23NO2. The number of likely N-dealkylation sites (tertiary alicyclic amines) is 1. The maximum Gasteiger partial charge on any atom is 0.309 e. The average molecular weight is 213 g/mol. The zero-order valence-corrected chi connectivity index (χ0v) is 10.5. The molecule has 15 heavy (non-hydrogen) atoms. The Morgan fingerprint density at radius 2 is 2.00 bits per heavy atom. The standard InChI is InChI=1S/C12H23NO2/c1-9-8-13(5)7-6-10(9)11(14)15-12(2,3)4/h9-10H,6-8H2,1-5H3/t9-,10+/m1/s1. The van der Waals surface area contributed by atoms with Crippen LogP contribution in [-0.2, 0) is 9.53 Å². The van der Waals surface area contributed by atoms with Crippen LogP contribution >= 0.6 is 0 Å². The fraction of sp³-hybridized carbons (Fsp3) is 0.917. The number of carbonyl (C=O) groups is 1. The average Bonchev–Trinajstić information content (AvgIpc) is 1.99. The quantitative estimate of drug-likeness (QED) is 0.623. The first-order valence-electron chi connectivity index (χ1n) is 5.71. The molecule has 1 fully saturated rings. The van der Waals surface area contributed by atoms with Gasteiger partial charge in [0.15, 0.2) is 0 Å². The van der Waals surface area contributed by atoms with Crippen LogP contribution in [0.1, 0.15) is 34.1 Å². The molecule has 0 aliphatic carbocycles. The van der Waals surface area contributed by atoms with E-state index in [2.05, 4.69) is 18.9 Å². The summed E-state index contributed by atoms with van der Waals surface area (Å²) in [6, 6.07) is 0. The van der Waals surface area contributed by atoms with E-state index in [0.29, 0.717) is 5.92 Å². The summed E-state index contributed by atoms with van der Waals surface area (Å²) in [4.78, 5) is 14.2. The van der Waals surface area contributed by atoms with Crippen LogP contribution in [0.3, 0.4) is 0 Å². The lowest BCUT2D eigenvalue weighted by Gasteiger charge is -2.34. The van der Waals surface area contributed by atoms with Crippen LogP contribution in [0, 0.1) is 11.8 Å². The van der Waals surface area contributed by atoms with Gasteiger partial charge in [0.1, 0.15) is 5.60 Å². The number of hydrogen-bond donors (Lipinski definition) is 0. The molecule has 0 N–H and O–H groups in total. The molecule has 3 nitrogen and oxygen atoms in total. The number of ether oxygens (including phenoxy) is 1. The van der Waals surface area contributed by atoms with E-state index in [4.69, 9.17) is 4.74 Å². The molecule has 0 amide bonds. The number of esters is 1. The summed E-state index contributed by atoms with van der Waals surface area (Å²) in [5.74, 6) is 0.460. The molecule has 0 aromatic carbocycles. The molecular weight excluding hydrogens is 190 g/mol. The molecule has 0 saturated carbocycles. The zero-order chi connectivity index (χ0) is 11.6. The molecule has 0 radical (unpaired) electrons. The molecule has 1 heterocycles. The zero-order valence-electron chi connectivity index (χ0n) is 10.5. The maximum atomic E-state index is 11.9. The van der Waals surface area contributed by atoms with Crippen molar-refractivity contribution < 1.29 is 9.53 Å². The van der Waals surface area contributed by atoms with Gasteiger partial charge in [0.05, 0.1) is 5.92 Å². The minimum Gasteiger partial charge on any atom is -0.460 e. The molecule has 1 aliphatic rings. The minimum absolute atomic E-state index is 0.0249. The van der Waals surface area contributed by atoms with Crippen LogP contribution < -0.4 is 0 Å². The summed E-state index contributed by atoms with van der Waals surface area (Å²) in [6.07, 6.45) is 0.923. The molecule has 3 heteroatoms. The van der Waals surface area contributed by atoms with Gasteiger partial charge in [-0.2, -0.15) is 0 Å². The van der Waals surface area contributed by atoms with E-state index in [9.17, 15) is 4.79 Å². The van der Waals surface area contributed by atoms with Crippen molar-refractivity contribution in [2.75, 3.05) is 20.1 Å². The van der Waals surface area contributed by atoms with Gasteiger partial charge in [-0.1, -0.05) is 6.92 Å². The van der Waals surface area contributed by atoms with Gasteiger partial charge >= 0.3 is 5.97 Å². The Balaban J connectivity index is 2.53. The normalized spacial score (nSPS) is 28.9. The second-order valence-electron chi connectivity index (χ2n) is 5.67. The Morgan fingerprint density at radius 1 is 1.40 bits per heavy atom. The van der Waals surface area contributed by atoms with E-state index >= 15 is 0 Å². The van der Waals surface area contributed by atoms with Crippen molar-refractivity contribution in [3.05, 3.63) is 0 Å². The number of hydrogen-bond acceptors (Lipinski definition) is 3. The Bertz CT molecular complexity index is 232. The predicted molar refractivity (Wildman–Crippen MR) is 60.6 cm³/mol. The van der Waals surface area contributed by atoms with Gasteiger partial charge in [0.25, 0.3) is 0 Å². The highest BCUT2D eigenvalue weighted by Gasteiger charge is 2.33. The Morgan fingerprint density at radius 3 is 2.47 bits per heavy atom. The van der Waals surface area contributed by atoms with Crippen molar-refractivity contribution in [3.8, 4) is 0 Å². The molecule has 0 aromatic heterocycles. The number of nitrogens with zero attached hydrogens (tertiary/aromatic N) is 1. The Labute approximate surface area is 92.8 Å². The highest BCUT2D eigenvalue weighted by atomic mass is 16.6. The van der Waals surface area contributed by atoms with Crippen molar-refractivity contribution in [2.24, 2.45) is 11.8 Å². The van der Waals surface area contributed by atoms with E-state index in [1.807, 2.05) is 20.8 Å². The SMILES string of the molecule is C[C@@H]1CN(C)CC[C@@H]1C(=O)OC(C)(C)C. The fourth-order valence-corrected chi connectivity index (χ4v) is 2.08. The molecule has 2 atom stereocenters. The highest BCUT2D eigenvalue weighted by molar-refractivity contribution is 5.73. The monoisotopic (exact) mass is 213 g/mol. The Hall–Kier alpha value is -0.570. The molecule has 0 bridgehead atoms. The van der Waals surface area contributed by atoms with Gasteiger partial charge < -0.3 is 9.64 Å². The highest BCUT2D eigenvalue weighted by Crippen LogP contribution is 2.25. The van der Waals surface area contributed by atoms with Crippen molar-refractivity contribution in [3.63, 3.8) is 0 Å². The van der Waals surface area contributed by atoms with Crippen LogP contribution in [0.5, 0.6) is 0 Å². The fourth-order valence-electron chi connectivity index (χ4n) is 2.08. The second kappa shape index (κ2) is 4.52. The largest absolute Gasteiger partial charge is 0.460 e. The topological polar surface area (TPSA) is 29.5 Å². The van der Waals surface area contributed by atoms with E-state index < -0.39 is 0 Å². The van der Waals surface area contributed by atoms with Crippen LogP contribution in [0.25, 0.3) is 0 Å². The first kappa shape index (κ1) is 12.5. The molecule has 0 spiro atoms. The van der Waals surface area contributed by atoms with Crippen molar-refractivity contribution in [2.45, 2.75) is 39.7 Å². The summed E-state index contributed by atoms with van der Waals surface area (Å²) < 4.78 is 5.43. The summed E-state index contributed by atoms with van der Waals surface area (Å²) in [5, 5.41) is 0. The third kappa shape index (κ3) is 3.82. The van der Waals surface area contributed by atoms with Gasteiger partial charge in [0.2, 0.25) is 0 Å². The van der Waals surface area contributed by atoms with Crippen molar-refractivity contribution in [1.29, 1.82) is 0 Å². The van der Waals surface area contributed by atoms with Crippen molar-refractivity contribution in [1.82, 2.24) is 4.90 Å². The van der Waals surface area contributed by atoms with Gasteiger partial charge in [-0.05, 0) is 46.7 Å². The summed E-state index contributed by atoms with van der Waals surface area (Å²) in [6.45, 7) is 9.88. The molecule has 1 saturated heterocycles. The first-order chi connectivity index (χ1) is 6.79. The van der Waals surface area contributed by atoms with E-state index in [0.717, 1.165) is 19.5 Å². The number of carbonyl (C=O) groups excluding carboxylic acids is 1.